The predicted molar refractivity (Wildman–Crippen MR) is 91.7 cm³/mol. The van der Waals surface area contributed by atoms with Crippen LogP contribution in [-0.4, -0.2) is 20.5 Å². The van der Waals surface area contributed by atoms with Crippen molar-refractivity contribution < 1.29 is 9.47 Å². The summed E-state index contributed by atoms with van der Waals surface area (Å²) in [5.41, 5.74) is 1.34. The van der Waals surface area contributed by atoms with Gasteiger partial charge in [0, 0.05) is 7.11 Å². The van der Waals surface area contributed by atoms with Crippen molar-refractivity contribution in [1.82, 2.24) is 0 Å². The molecule has 0 aliphatic carbocycles. The molecule has 0 aromatic heterocycles. The molecule has 4 rings (SSSR count). The van der Waals surface area contributed by atoms with E-state index in [9.17, 15) is 0 Å². The van der Waals surface area contributed by atoms with Crippen LogP contribution in [0.15, 0.2) is 54.6 Å². The molecule has 0 spiro atoms. The van der Waals surface area contributed by atoms with Crippen molar-refractivity contribution >= 4 is 32.3 Å². The first kappa shape index (κ1) is 13.5. The van der Waals surface area contributed by atoms with Crippen LogP contribution < -0.4 is 0 Å². The Balaban J connectivity index is 1.89. The van der Waals surface area contributed by atoms with E-state index >= 15 is 0 Å². The van der Waals surface area contributed by atoms with Crippen LogP contribution in [-0.2, 0) is 15.9 Å². The van der Waals surface area contributed by atoms with Crippen molar-refractivity contribution in [2.75, 3.05) is 20.5 Å². The quantitative estimate of drug-likeness (QED) is 0.300. The summed E-state index contributed by atoms with van der Waals surface area (Å²) >= 11 is 0. The zero-order valence-corrected chi connectivity index (χ0v) is 12.6. The molecule has 0 aliphatic rings. The summed E-state index contributed by atoms with van der Waals surface area (Å²) in [4.78, 5) is 0. The maximum atomic E-state index is 5.45. The van der Waals surface area contributed by atoms with Crippen LogP contribution in [0.2, 0.25) is 0 Å². The van der Waals surface area contributed by atoms with E-state index in [1.165, 1.54) is 37.9 Å². The molecule has 0 saturated heterocycles. The first-order valence-corrected chi connectivity index (χ1v) is 7.60. The van der Waals surface area contributed by atoms with Crippen molar-refractivity contribution in [1.29, 1.82) is 0 Å². The number of ether oxygens (including phenoxy) is 2. The van der Waals surface area contributed by atoms with E-state index in [1.54, 1.807) is 7.11 Å². The molecule has 0 radical (unpaired) electrons. The molecule has 0 saturated carbocycles. The SMILES string of the molecule is COCOCCc1ccc2ccc3cccc4ccc1c2c34. The van der Waals surface area contributed by atoms with Gasteiger partial charge in [-0.1, -0.05) is 54.6 Å². The van der Waals surface area contributed by atoms with Crippen molar-refractivity contribution in [3.05, 3.63) is 60.2 Å². The minimum Gasteiger partial charge on any atom is -0.359 e. The Kier molecular flexibility index (Phi) is 3.41. The summed E-state index contributed by atoms with van der Waals surface area (Å²) in [6, 6.07) is 19.9. The highest BCUT2D eigenvalue weighted by atomic mass is 16.7. The van der Waals surface area contributed by atoms with Gasteiger partial charge >= 0.3 is 0 Å². The van der Waals surface area contributed by atoms with E-state index in [1.807, 2.05) is 0 Å². The van der Waals surface area contributed by atoms with E-state index < -0.39 is 0 Å². The van der Waals surface area contributed by atoms with Gasteiger partial charge < -0.3 is 9.47 Å². The van der Waals surface area contributed by atoms with Gasteiger partial charge in [0.25, 0.3) is 0 Å². The van der Waals surface area contributed by atoms with Gasteiger partial charge in [0.15, 0.2) is 0 Å². The molecule has 0 aliphatic heterocycles. The summed E-state index contributed by atoms with van der Waals surface area (Å²) in [5.74, 6) is 0. The van der Waals surface area contributed by atoms with Crippen LogP contribution in [0.5, 0.6) is 0 Å². The molecule has 2 heteroatoms. The lowest BCUT2D eigenvalue weighted by atomic mass is 9.91. The normalized spacial score (nSPS) is 11.9. The Morgan fingerprint density at radius 3 is 2.23 bits per heavy atom. The highest BCUT2D eigenvalue weighted by Crippen LogP contribution is 2.35. The molecule has 0 N–H and O–H groups in total. The highest BCUT2D eigenvalue weighted by molar-refractivity contribution is 6.23. The average molecular weight is 290 g/mol. The van der Waals surface area contributed by atoms with E-state index in [0.29, 0.717) is 13.4 Å². The Bertz CT molecular complexity index is 911. The van der Waals surface area contributed by atoms with Crippen LogP contribution in [0, 0.1) is 0 Å². The summed E-state index contributed by atoms with van der Waals surface area (Å²) in [6.45, 7) is 1.03. The lowest BCUT2D eigenvalue weighted by Gasteiger charge is -2.14. The van der Waals surface area contributed by atoms with Gasteiger partial charge in [-0.25, -0.2) is 0 Å². The smallest absolute Gasteiger partial charge is 0.146 e. The fraction of sp³-hybridized carbons (Fsp3) is 0.200. The third-order valence-electron chi connectivity index (χ3n) is 4.34. The second-order valence-corrected chi connectivity index (χ2v) is 5.65. The van der Waals surface area contributed by atoms with Gasteiger partial charge in [0.1, 0.15) is 6.79 Å². The van der Waals surface area contributed by atoms with Crippen molar-refractivity contribution in [3.63, 3.8) is 0 Å². The van der Waals surface area contributed by atoms with E-state index in [-0.39, 0.29) is 0 Å². The Morgan fingerprint density at radius 1 is 0.773 bits per heavy atom. The molecule has 110 valence electrons. The second kappa shape index (κ2) is 5.56. The molecule has 0 heterocycles. The zero-order valence-electron chi connectivity index (χ0n) is 12.6. The molecule has 4 aromatic rings. The largest absolute Gasteiger partial charge is 0.359 e. The maximum Gasteiger partial charge on any atom is 0.146 e. The summed E-state index contributed by atoms with van der Waals surface area (Å²) in [5, 5.41) is 8.01. The Labute approximate surface area is 129 Å². The fourth-order valence-corrected chi connectivity index (χ4v) is 3.34. The number of rotatable bonds is 5. The van der Waals surface area contributed by atoms with Crippen LogP contribution in [0.4, 0.5) is 0 Å². The third-order valence-corrected chi connectivity index (χ3v) is 4.34. The fourth-order valence-electron chi connectivity index (χ4n) is 3.34. The second-order valence-electron chi connectivity index (χ2n) is 5.65. The van der Waals surface area contributed by atoms with Crippen molar-refractivity contribution in [2.24, 2.45) is 0 Å². The van der Waals surface area contributed by atoms with Crippen molar-refractivity contribution in [2.45, 2.75) is 6.42 Å². The van der Waals surface area contributed by atoms with Gasteiger partial charge in [-0.05, 0) is 44.3 Å². The molecule has 0 atom stereocenters. The zero-order chi connectivity index (χ0) is 14.9. The molecular formula is C20H18O2. The third kappa shape index (κ3) is 2.12. The van der Waals surface area contributed by atoms with Gasteiger partial charge in [0.2, 0.25) is 0 Å². The first-order chi connectivity index (χ1) is 10.9. The van der Waals surface area contributed by atoms with Gasteiger partial charge in [-0.15, -0.1) is 0 Å². The summed E-state index contributed by atoms with van der Waals surface area (Å²) in [7, 11) is 1.65. The van der Waals surface area contributed by atoms with E-state index in [2.05, 4.69) is 54.6 Å². The minimum absolute atomic E-state index is 0.353. The lowest BCUT2D eigenvalue weighted by Crippen LogP contribution is -2.02. The number of hydrogen-bond acceptors (Lipinski definition) is 2. The number of benzene rings is 4. The molecule has 4 aromatic carbocycles. The minimum atomic E-state index is 0.353. The standard InChI is InChI=1S/C20H18O2/c1-21-13-22-12-11-14-5-6-17-8-7-15-3-2-4-16-9-10-18(14)20(17)19(15)16/h2-10H,11-13H2,1H3. The van der Waals surface area contributed by atoms with Crippen LogP contribution in [0.25, 0.3) is 32.3 Å². The summed E-state index contributed by atoms with van der Waals surface area (Å²) < 4.78 is 10.4. The average Bonchev–Trinajstić information content (AvgIpc) is 2.57. The number of methoxy groups -OCH3 is 1. The summed E-state index contributed by atoms with van der Waals surface area (Å²) in [6.07, 6.45) is 0.900. The molecule has 22 heavy (non-hydrogen) atoms. The van der Waals surface area contributed by atoms with Gasteiger partial charge in [-0.3, -0.25) is 0 Å². The van der Waals surface area contributed by atoms with Crippen molar-refractivity contribution in [3.8, 4) is 0 Å². The molecule has 2 nitrogen and oxygen atoms in total. The van der Waals surface area contributed by atoms with E-state index in [0.717, 1.165) is 6.42 Å². The molecular weight excluding hydrogens is 272 g/mol. The maximum absolute atomic E-state index is 5.45. The van der Waals surface area contributed by atoms with Gasteiger partial charge in [-0.2, -0.15) is 0 Å². The highest BCUT2D eigenvalue weighted by Gasteiger charge is 2.10. The lowest BCUT2D eigenvalue weighted by molar-refractivity contribution is -0.0290. The predicted octanol–water partition coefficient (Wildman–Crippen LogP) is 4.75. The number of hydrogen-bond donors (Lipinski definition) is 0. The molecule has 0 unspecified atom stereocenters. The van der Waals surface area contributed by atoms with Gasteiger partial charge in [0.05, 0.1) is 6.61 Å². The van der Waals surface area contributed by atoms with Crippen LogP contribution in [0.1, 0.15) is 5.56 Å². The van der Waals surface area contributed by atoms with Crippen LogP contribution >= 0.6 is 0 Å². The Hall–Kier alpha value is -2.16. The first-order valence-electron chi connectivity index (χ1n) is 7.60. The van der Waals surface area contributed by atoms with E-state index in [4.69, 9.17) is 9.47 Å². The molecule has 0 bridgehead atoms. The van der Waals surface area contributed by atoms with Crippen LogP contribution in [0.3, 0.4) is 0 Å². The monoisotopic (exact) mass is 290 g/mol. The topological polar surface area (TPSA) is 18.5 Å². The Morgan fingerprint density at radius 2 is 1.45 bits per heavy atom. The molecule has 0 amide bonds. The molecule has 0 fully saturated rings.